The van der Waals surface area contributed by atoms with Crippen LogP contribution in [0, 0.1) is 13.8 Å². The molecule has 0 aromatic heterocycles. The van der Waals surface area contributed by atoms with Gasteiger partial charge < -0.3 is 9.64 Å². The van der Waals surface area contributed by atoms with Gasteiger partial charge in [-0.15, -0.1) is 0 Å². The Morgan fingerprint density at radius 1 is 1.08 bits per heavy atom. The van der Waals surface area contributed by atoms with Crippen molar-refractivity contribution in [2.24, 2.45) is 0 Å². The van der Waals surface area contributed by atoms with Crippen molar-refractivity contribution in [2.45, 2.75) is 45.2 Å². The fraction of sp³-hybridized carbons (Fsp3) is 0.556. The third-order valence-electron chi connectivity index (χ3n) is 4.61. The minimum atomic E-state index is -3.07. The van der Waals surface area contributed by atoms with Crippen LogP contribution in [0.15, 0.2) is 18.2 Å². The van der Waals surface area contributed by atoms with E-state index in [9.17, 15) is 18.0 Å². The zero-order valence-corrected chi connectivity index (χ0v) is 15.3. The summed E-state index contributed by atoms with van der Waals surface area (Å²) in [5.41, 5.74) is 2.33. The van der Waals surface area contributed by atoms with Gasteiger partial charge in [0.05, 0.1) is 17.1 Å². The van der Waals surface area contributed by atoms with E-state index in [4.69, 9.17) is 4.74 Å². The summed E-state index contributed by atoms with van der Waals surface area (Å²) in [6, 6.07) is 5.21. The maximum atomic E-state index is 12.5. The second kappa shape index (κ2) is 6.78. The molecule has 1 saturated carbocycles. The van der Waals surface area contributed by atoms with Gasteiger partial charge in [-0.25, -0.2) is 13.2 Å². The number of aryl methyl sites for hydroxylation is 2. The number of carbonyl (C=O) groups is 2. The molecule has 3 rings (SSSR count). The topological polar surface area (TPSA) is 80.8 Å². The monoisotopic (exact) mass is 365 g/mol. The first-order chi connectivity index (χ1) is 11.7. The van der Waals surface area contributed by atoms with Gasteiger partial charge >= 0.3 is 5.97 Å². The largest absolute Gasteiger partial charge is 0.452 e. The van der Waals surface area contributed by atoms with Crippen LogP contribution < -0.4 is 0 Å². The first-order valence-electron chi connectivity index (χ1n) is 8.52. The van der Waals surface area contributed by atoms with Crippen LogP contribution in [0.25, 0.3) is 0 Å². The number of carbonyl (C=O) groups excluding carboxylic acids is 2. The molecule has 1 atom stereocenters. The third-order valence-corrected chi connectivity index (χ3v) is 6.36. The van der Waals surface area contributed by atoms with E-state index in [1.807, 2.05) is 19.9 Å². The number of esters is 1. The summed E-state index contributed by atoms with van der Waals surface area (Å²) >= 11 is 0. The van der Waals surface area contributed by atoms with Crippen molar-refractivity contribution < 1.29 is 22.7 Å². The summed E-state index contributed by atoms with van der Waals surface area (Å²) in [7, 11) is -3.07. The zero-order valence-electron chi connectivity index (χ0n) is 14.5. The molecule has 1 aromatic carbocycles. The lowest BCUT2D eigenvalue weighted by Gasteiger charge is -2.28. The summed E-state index contributed by atoms with van der Waals surface area (Å²) in [5.74, 6) is -0.700. The summed E-state index contributed by atoms with van der Waals surface area (Å²) in [6.07, 6.45) is 2.23. The number of nitrogens with zero attached hydrogens (tertiary/aromatic N) is 1. The van der Waals surface area contributed by atoms with Crippen molar-refractivity contribution in [3.63, 3.8) is 0 Å². The van der Waals surface area contributed by atoms with Gasteiger partial charge in [0.2, 0.25) is 0 Å². The Kier molecular flexibility index (Phi) is 4.86. The predicted octanol–water partition coefficient (Wildman–Crippen LogP) is 1.64. The highest BCUT2D eigenvalue weighted by molar-refractivity contribution is 7.91. The van der Waals surface area contributed by atoms with E-state index in [1.54, 1.807) is 17.0 Å². The number of amides is 1. The summed E-state index contributed by atoms with van der Waals surface area (Å²) in [5, 5.41) is 0. The average molecular weight is 365 g/mol. The fourth-order valence-electron chi connectivity index (χ4n) is 3.43. The van der Waals surface area contributed by atoms with Crippen LogP contribution in [0.5, 0.6) is 0 Å². The lowest BCUT2D eigenvalue weighted by molar-refractivity contribution is -0.137. The Balaban J connectivity index is 1.63. The molecular weight excluding hydrogens is 342 g/mol. The zero-order chi connectivity index (χ0) is 18.2. The van der Waals surface area contributed by atoms with Crippen molar-refractivity contribution in [3.8, 4) is 0 Å². The van der Waals surface area contributed by atoms with Crippen LogP contribution in [0.2, 0.25) is 0 Å². The van der Waals surface area contributed by atoms with Crippen LogP contribution >= 0.6 is 0 Å². The van der Waals surface area contributed by atoms with E-state index in [2.05, 4.69) is 0 Å². The van der Waals surface area contributed by atoms with Gasteiger partial charge in [0.15, 0.2) is 16.4 Å². The van der Waals surface area contributed by atoms with Crippen molar-refractivity contribution in [3.05, 3.63) is 34.9 Å². The molecule has 7 heteroatoms. The molecule has 6 nitrogen and oxygen atoms in total. The Hall–Kier alpha value is -1.89. The van der Waals surface area contributed by atoms with E-state index in [-0.39, 0.29) is 36.1 Å². The molecule has 0 radical (unpaired) electrons. The molecule has 1 heterocycles. The SMILES string of the molecule is Cc1cc(C)cc(C(=O)OCC(=O)N(C2CC2)[C@H]2CCS(=O)(=O)C2)c1. The van der Waals surface area contributed by atoms with Gasteiger partial charge in [0.1, 0.15) is 0 Å². The van der Waals surface area contributed by atoms with Crippen LogP contribution in [0.3, 0.4) is 0 Å². The van der Waals surface area contributed by atoms with Crippen molar-refractivity contribution >= 4 is 21.7 Å². The number of rotatable bonds is 5. The maximum Gasteiger partial charge on any atom is 0.338 e. The highest BCUT2D eigenvalue weighted by atomic mass is 32.2. The van der Waals surface area contributed by atoms with Gasteiger partial charge in [-0.2, -0.15) is 0 Å². The van der Waals surface area contributed by atoms with Crippen molar-refractivity contribution in [1.29, 1.82) is 0 Å². The standard InChI is InChI=1S/C18H23NO5S/c1-12-7-13(2)9-14(8-12)18(21)24-10-17(20)19(15-3-4-15)16-5-6-25(22,23)11-16/h7-9,15-16H,3-6,10-11H2,1-2H3/t16-/m0/s1. The van der Waals surface area contributed by atoms with Crippen molar-refractivity contribution in [2.75, 3.05) is 18.1 Å². The third kappa shape index (κ3) is 4.39. The number of benzene rings is 1. The number of sulfone groups is 1. The Labute approximate surface area is 148 Å². The van der Waals surface area contributed by atoms with E-state index >= 15 is 0 Å². The number of hydrogen-bond donors (Lipinski definition) is 0. The molecule has 0 N–H and O–H groups in total. The number of ether oxygens (including phenoxy) is 1. The molecule has 1 aromatic rings. The fourth-order valence-corrected chi connectivity index (χ4v) is 5.14. The van der Waals surface area contributed by atoms with Crippen LogP contribution in [0.1, 0.15) is 40.7 Å². The maximum absolute atomic E-state index is 12.5. The van der Waals surface area contributed by atoms with Crippen LogP contribution in [-0.4, -0.2) is 55.4 Å². The quantitative estimate of drug-likeness (QED) is 0.741. The van der Waals surface area contributed by atoms with Crippen molar-refractivity contribution in [1.82, 2.24) is 4.90 Å². The molecule has 25 heavy (non-hydrogen) atoms. The normalized spacial score (nSPS) is 21.8. The van der Waals surface area contributed by atoms with Gasteiger partial charge in [0, 0.05) is 12.1 Å². The number of hydrogen-bond acceptors (Lipinski definition) is 5. The summed E-state index contributed by atoms with van der Waals surface area (Å²) in [6.45, 7) is 3.44. The molecule has 1 aliphatic heterocycles. The van der Waals surface area contributed by atoms with Crippen LogP contribution in [-0.2, 0) is 19.4 Å². The van der Waals surface area contributed by atoms with E-state index in [1.165, 1.54) is 0 Å². The first-order valence-corrected chi connectivity index (χ1v) is 10.3. The average Bonchev–Trinajstić information content (AvgIpc) is 3.27. The molecule has 136 valence electrons. The molecule has 1 amide bonds. The first kappa shape index (κ1) is 17.9. The minimum Gasteiger partial charge on any atom is -0.452 e. The second-order valence-electron chi connectivity index (χ2n) is 7.04. The van der Waals surface area contributed by atoms with Crippen LogP contribution in [0.4, 0.5) is 0 Å². The lowest BCUT2D eigenvalue weighted by Crippen LogP contribution is -2.44. The Bertz CT molecular complexity index is 777. The Morgan fingerprint density at radius 3 is 2.24 bits per heavy atom. The minimum absolute atomic E-state index is 0.0141. The molecule has 0 unspecified atom stereocenters. The summed E-state index contributed by atoms with van der Waals surface area (Å²) in [4.78, 5) is 26.4. The molecule has 1 aliphatic carbocycles. The second-order valence-corrected chi connectivity index (χ2v) is 9.27. The van der Waals surface area contributed by atoms with E-state index in [0.29, 0.717) is 12.0 Å². The molecule has 2 fully saturated rings. The highest BCUT2D eigenvalue weighted by Gasteiger charge is 2.42. The molecule has 0 bridgehead atoms. The highest BCUT2D eigenvalue weighted by Crippen LogP contribution is 2.32. The van der Waals surface area contributed by atoms with Gasteiger partial charge in [0.25, 0.3) is 5.91 Å². The van der Waals surface area contributed by atoms with Gasteiger partial charge in [-0.1, -0.05) is 17.2 Å². The molecule has 1 saturated heterocycles. The molecule has 2 aliphatic rings. The predicted molar refractivity (Wildman–Crippen MR) is 93.1 cm³/mol. The Morgan fingerprint density at radius 2 is 1.72 bits per heavy atom. The summed E-state index contributed by atoms with van der Waals surface area (Å²) < 4.78 is 28.6. The smallest absolute Gasteiger partial charge is 0.338 e. The van der Waals surface area contributed by atoms with E-state index in [0.717, 1.165) is 24.0 Å². The molecular formula is C18H23NO5S. The van der Waals surface area contributed by atoms with E-state index < -0.39 is 15.8 Å². The van der Waals surface area contributed by atoms with Gasteiger partial charge in [-0.05, 0) is 45.2 Å². The lowest BCUT2D eigenvalue weighted by atomic mass is 10.1. The van der Waals surface area contributed by atoms with Gasteiger partial charge in [-0.3, -0.25) is 4.79 Å². The molecule has 0 spiro atoms.